The van der Waals surface area contributed by atoms with E-state index in [0.29, 0.717) is 6.61 Å². The van der Waals surface area contributed by atoms with Gasteiger partial charge in [-0.05, 0) is 39.0 Å². The van der Waals surface area contributed by atoms with Crippen molar-refractivity contribution >= 4 is 0 Å². The monoisotopic (exact) mass is 277 g/mol. The first-order valence-electron chi connectivity index (χ1n) is 7.40. The molecule has 20 heavy (non-hydrogen) atoms. The van der Waals surface area contributed by atoms with E-state index in [9.17, 15) is 0 Å². The van der Waals surface area contributed by atoms with Gasteiger partial charge in [0.1, 0.15) is 18.1 Å². The molecule has 1 N–H and O–H groups in total. The number of hydrogen-bond acceptors (Lipinski definition) is 3. The van der Waals surface area contributed by atoms with Gasteiger partial charge in [-0.1, -0.05) is 25.5 Å². The molecule has 0 atom stereocenters. The van der Waals surface area contributed by atoms with Crippen LogP contribution in [-0.4, -0.2) is 19.8 Å². The summed E-state index contributed by atoms with van der Waals surface area (Å²) in [7, 11) is 0. The average molecular weight is 277 g/mol. The van der Waals surface area contributed by atoms with Crippen molar-refractivity contribution in [3.8, 4) is 11.5 Å². The number of hydrogen-bond donors (Lipinski definition) is 1. The van der Waals surface area contributed by atoms with E-state index in [1.807, 2.05) is 12.1 Å². The number of benzene rings is 1. The third-order valence-corrected chi connectivity index (χ3v) is 2.81. The minimum Gasteiger partial charge on any atom is -0.493 e. The van der Waals surface area contributed by atoms with Crippen LogP contribution in [0.5, 0.6) is 11.5 Å². The molecule has 0 aliphatic heterocycles. The molecule has 0 bridgehead atoms. The van der Waals surface area contributed by atoms with Gasteiger partial charge in [-0.15, -0.1) is 0 Å². The first-order valence-corrected chi connectivity index (χ1v) is 7.40. The summed E-state index contributed by atoms with van der Waals surface area (Å²) in [4.78, 5) is 0. The fourth-order valence-corrected chi connectivity index (χ4v) is 1.68. The van der Waals surface area contributed by atoms with Crippen molar-refractivity contribution in [3.05, 3.63) is 35.4 Å². The Bertz CT molecular complexity index is 423. The molecule has 0 heterocycles. The summed E-state index contributed by atoms with van der Waals surface area (Å²) >= 11 is 0. The van der Waals surface area contributed by atoms with Gasteiger partial charge in [0.25, 0.3) is 0 Å². The van der Waals surface area contributed by atoms with Gasteiger partial charge in [0.2, 0.25) is 0 Å². The quantitative estimate of drug-likeness (QED) is 0.694. The summed E-state index contributed by atoms with van der Waals surface area (Å²) in [5, 5.41) is 3.33. The molecule has 0 saturated carbocycles. The lowest BCUT2D eigenvalue weighted by atomic mass is 10.2. The molecule has 1 aromatic rings. The molecule has 0 aliphatic rings. The molecule has 0 aliphatic carbocycles. The fourth-order valence-electron chi connectivity index (χ4n) is 1.68. The van der Waals surface area contributed by atoms with E-state index in [2.05, 4.69) is 45.2 Å². The minimum atomic E-state index is 0.596. The molecule has 0 fully saturated rings. The predicted molar refractivity (Wildman–Crippen MR) is 84.5 cm³/mol. The minimum absolute atomic E-state index is 0.596. The molecule has 0 amide bonds. The number of nitrogens with one attached hydrogen (secondary N) is 1. The van der Waals surface area contributed by atoms with E-state index >= 15 is 0 Å². The smallest absolute Gasteiger partial charge is 0.127 e. The van der Waals surface area contributed by atoms with Crippen molar-refractivity contribution in [2.45, 2.75) is 40.7 Å². The lowest BCUT2D eigenvalue weighted by Gasteiger charge is -2.13. The molecule has 0 spiro atoms. The van der Waals surface area contributed by atoms with Gasteiger partial charge in [-0.2, -0.15) is 0 Å². The van der Waals surface area contributed by atoms with Crippen LogP contribution in [0.25, 0.3) is 0 Å². The molecule has 0 aromatic heterocycles. The highest BCUT2D eigenvalue weighted by Crippen LogP contribution is 2.25. The van der Waals surface area contributed by atoms with Crippen LogP contribution in [0.1, 0.15) is 39.7 Å². The van der Waals surface area contributed by atoms with Crippen molar-refractivity contribution in [3.63, 3.8) is 0 Å². The lowest BCUT2D eigenvalue weighted by molar-refractivity contribution is 0.311. The van der Waals surface area contributed by atoms with Crippen LogP contribution in [0.3, 0.4) is 0 Å². The van der Waals surface area contributed by atoms with E-state index < -0.39 is 0 Å². The summed E-state index contributed by atoms with van der Waals surface area (Å²) < 4.78 is 11.5. The van der Waals surface area contributed by atoms with E-state index in [0.717, 1.165) is 43.2 Å². The maximum absolute atomic E-state index is 5.87. The Labute approximate surface area is 123 Å². The predicted octanol–water partition coefficient (Wildman–Crippen LogP) is 3.93. The van der Waals surface area contributed by atoms with Crippen molar-refractivity contribution in [1.82, 2.24) is 5.32 Å². The molecule has 0 unspecified atom stereocenters. The van der Waals surface area contributed by atoms with Crippen LogP contribution in [0.2, 0.25) is 0 Å². The van der Waals surface area contributed by atoms with Crippen LogP contribution in [0.4, 0.5) is 0 Å². The first kappa shape index (κ1) is 16.6. The molecule has 1 aromatic carbocycles. The van der Waals surface area contributed by atoms with Crippen molar-refractivity contribution < 1.29 is 9.47 Å². The SMILES string of the molecule is CCCOc1ccc(CNCC)c(OCC=C(C)C)c1. The van der Waals surface area contributed by atoms with Gasteiger partial charge in [-0.3, -0.25) is 0 Å². The van der Waals surface area contributed by atoms with Crippen LogP contribution in [0, 0.1) is 0 Å². The highest BCUT2D eigenvalue weighted by atomic mass is 16.5. The van der Waals surface area contributed by atoms with Crippen molar-refractivity contribution in [1.29, 1.82) is 0 Å². The topological polar surface area (TPSA) is 30.5 Å². The highest BCUT2D eigenvalue weighted by Gasteiger charge is 2.05. The van der Waals surface area contributed by atoms with E-state index in [4.69, 9.17) is 9.47 Å². The zero-order chi connectivity index (χ0) is 14.8. The molecule has 3 nitrogen and oxygen atoms in total. The Hall–Kier alpha value is -1.48. The summed E-state index contributed by atoms with van der Waals surface area (Å²) in [6, 6.07) is 6.07. The molecular weight excluding hydrogens is 250 g/mol. The second-order valence-corrected chi connectivity index (χ2v) is 4.99. The maximum atomic E-state index is 5.87. The third-order valence-electron chi connectivity index (χ3n) is 2.81. The Morgan fingerprint density at radius 2 is 2.00 bits per heavy atom. The average Bonchev–Trinajstić information content (AvgIpc) is 2.43. The first-order chi connectivity index (χ1) is 9.67. The van der Waals surface area contributed by atoms with Gasteiger partial charge >= 0.3 is 0 Å². The Kier molecular flexibility index (Phi) is 7.81. The van der Waals surface area contributed by atoms with Gasteiger partial charge in [0.15, 0.2) is 0 Å². The zero-order valence-electron chi connectivity index (χ0n) is 13.2. The fraction of sp³-hybridized carbons (Fsp3) is 0.529. The maximum Gasteiger partial charge on any atom is 0.127 e. The number of allylic oxidation sites excluding steroid dienone is 1. The Morgan fingerprint density at radius 1 is 1.20 bits per heavy atom. The van der Waals surface area contributed by atoms with Gasteiger partial charge in [-0.25, -0.2) is 0 Å². The third kappa shape index (κ3) is 6.11. The van der Waals surface area contributed by atoms with Crippen molar-refractivity contribution in [2.75, 3.05) is 19.8 Å². The second-order valence-electron chi connectivity index (χ2n) is 4.99. The van der Waals surface area contributed by atoms with Gasteiger partial charge in [0, 0.05) is 18.2 Å². The van der Waals surface area contributed by atoms with Gasteiger partial charge < -0.3 is 14.8 Å². The lowest BCUT2D eigenvalue weighted by Crippen LogP contribution is -2.13. The van der Waals surface area contributed by atoms with Crippen LogP contribution in [0.15, 0.2) is 29.8 Å². The van der Waals surface area contributed by atoms with E-state index in [1.165, 1.54) is 5.57 Å². The molecule has 3 heteroatoms. The molecule has 0 saturated heterocycles. The number of ether oxygens (including phenoxy) is 2. The van der Waals surface area contributed by atoms with Crippen LogP contribution >= 0.6 is 0 Å². The normalized spacial score (nSPS) is 10.2. The van der Waals surface area contributed by atoms with Gasteiger partial charge in [0.05, 0.1) is 6.61 Å². The largest absolute Gasteiger partial charge is 0.493 e. The van der Waals surface area contributed by atoms with E-state index in [-0.39, 0.29) is 0 Å². The summed E-state index contributed by atoms with van der Waals surface area (Å²) in [6.45, 7) is 11.4. The highest BCUT2D eigenvalue weighted by molar-refractivity contribution is 5.41. The number of rotatable bonds is 9. The van der Waals surface area contributed by atoms with E-state index in [1.54, 1.807) is 0 Å². The standard InChI is InChI=1S/C17H27NO2/c1-5-10-19-16-8-7-15(13-18-6-2)17(12-16)20-11-9-14(3)4/h7-9,12,18H,5-6,10-11,13H2,1-4H3. The van der Waals surface area contributed by atoms with Crippen LogP contribution in [-0.2, 0) is 6.54 Å². The zero-order valence-corrected chi connectivity index (χ0v) is 13.2. The summed E-state index contributed by atoms with van der Waals surface area (Å²) in [6.07, 6.45) is 3.09. The molecule has 1 rings (SSSR count). The van der Waals surface area contributed by atoms with Crippen LogP contribution < -0.4 is 14.8 Å². The summed E-state index contributed by atoms with van der Waals surface area (Å²) in [5.41, 5.74) is 2.43. The molecule has 112 valence electrons. The molecular formula is C17H27NO2. The molecule has 0 radical (unpaired) electrons. The second kappa shape index (κ2) is 9.43. The summed E-state index contributed by atoms with van der Waals surface area (Å²) in [5.74, 6) is 1.77. The Balaban J connectivity index is 2.78. The Morgan fingerprint density at radius 3 is 2.65 bits per heavy atom. The van der Waals surface area contributed by atoms with Crippen molar-refractivity contribution in [2.24, 2.45) is 0 Å².